The van der Waals surface area contributed by atoms with Crippen molar-refractivity contribution in [3.8, 4) is 0 Å². The summed E-state index contributed by atoms with van der Waals surface area (Å²) in [7, 11) is 0. The van der Waals surface area contributed by atoms with E-state index in [1.165, 1.54) is 4.57 Å². The van der Waals surface area contributed by atoms with Crippen LogP contribution < -0.4 is 11.2 Å². The van der Waals surface area contributed by atoms with Crippen molar-refractivity contribution in [1.29, 1.82) is 5.41 Å². The molecular formula is C20H23N3O3S. The average Bonchev–Trinajstić information content (AvgIpc) is 3.21. The molecule has 3 aromatic rings. The van der Waals surface area contributed by atoms with Gasteiger partial charge in [-0.25, -0.2) is 4.79 Å². The van der Waals surface area contributed by atoms with Gasteiger partial charge in [-0.1, -0.05) is 12.2 Å². The van der Waals surface area contributed by atoms with E-state index in [1.807, 2.05) is 13.0 Å². The zero-order chi connectivity index (χ0) is 19.3. The van der Waals surface area contributed by atoms with Gasteiger partial charge in [0, 0.05) is 17.8 Å². The fourth-order valence-corrected chi connectivity index (χ4v) is 4.77. The summed E-state index contributed by atoms with van der Waals surface area (Å²) in [5.74, 6) is 0.652. The van der Waals surface area contributed by atoms with Crippen LogP contribution in [0.2, 0.25) is 0 Å². The van der Waals surface area contributed by atoms with Crippen LogP contribution in [0.5, 0.6) is 0 Å². The number of nitrogens with one attached hydrogen (secondary N) is 1. The predicted molar refractivity (Wildman–Crippen MR) is 105 cm³/mol. The molecule has 0 saturated heterocycles. The highest BCUT2D eigenvalue weighted by atomic mass is 32.1. The fraction of sp³-hybridized carbons (Fsp3) is 0.400. The number of fused-ring (bicyclic) bond motifs is 3. The molecule has 0 radical (unpaired) electrons. The standard InChI is InChI=1S/C20H23N3O3S/c1-12(2)9-23-18-16(14-8-20(3,4)26-11-15(14)27-18)17(21)22(19(23)24)10-13-6-5-7-25-13/h5-7,21H,1,8-11H2,2-4H3. The molecule has 27 heavy (non-hydrogen) atoms. The number of aromatic nitrogens is 2. The minimum atomic E-state index is -0.283. The van der Waals surface area contributed by atoms with Gasteiger partial charge in [0.2, 0.25) is 0 Å². The molecule has 1 N–H and O–H groups in total. The topological polar surface area (TPSA) is 73.2 Å². The van der Waals surface area contributed by atoms with Crippen molar-refractivity contribution in [1.82, 2.24) is 9.13 Å². The van der Waals surface area contributed by atoms with E-state index in [4.69, 9.17) is 14.6 Å². The number of furan rings is 1. The summed E-state index contributed by atoms with van der Waals surface area (Å²) in [6.45, 7) is 11.2. The van der Waals surface area contributed by atoms with E-state index in [1.54, 1.807) is 28.2 Å². The van der Waals surface area contributed by atoms with Crippen LogP contribution in [-0.4, -0.2) is 14.7 Å². The molecule has 0 bridgehead atoms. The van der Waals surface area contributed by atoms with Crippen LogP contribution in [0, 0.1) is 5.41 Å². The van der Waals surface area contributed by atoms with E-state index in [0.717, 1.165) is 32.7 Å². The van der Waals surface area contributed by atoms with Crippen LogP contribution >= 0.6 is 11.3 Å². The first-order valence-electron chi connectivity index (χ1n) is 8.90. The van der Waals surface area contributed by atoms with E-state index >= 15 is 0 Å². The Hall–Kier alpha value is -2.38. The van der Waals surface area contributed by atoms with Crippen LogP contribution in [0.25, 0.3) is 10.2 Å². The third-order valence-electron chi connectivity index (χ3n) is 4.80. The summed E-state index contributed by atoms with van der Waals surface area (Å²) in [5, 5.41) is 9.65. The maximum absolute atomic E-state index is 13.2. The van der Waals surface area contributed by atoms with Gasteiger partial charge in [0.05, 0.1) is 30.4 Å². The van der Waals surface area contributed by atoms with Crippen molar-refractivity contribution in [2.75, 3.05) is 0 Å². The summed E-state index contributed by atoms with van der Waals surface area (Å²) in [5.41, 5.74) is 1.75. The van der Waals surface area contributed by atoms with Gasteiger partial charge < -0.3 is 9.15 Å². The van der Waals surface area contributed by atoms with Crippen LogP contribution in [0.1, 0.15) is 37.0 Å². The maximum Gasteiger partial charge on any atom is 0.331 e. The Morgan fingerprint density at radius 2 is 2.19 bits per heavy atom. The van der Waals surface area contributed by atoms with Crippen LogP contribution in [0.15, 0.2) is 39.8 Å². The lowest BCUT2D eigenvalue weighted by molar-refractivity contribution is -0.0379. The molecule has 0 unspecified atom stereocenters. The molecule has 1 aliphatic heterocycles. The number of allylic oxidation sites excluding steroid dienone is 1. The Bertz CT molecular complexity index is 1150. The first kappa shape index (κ1) is 18.0. The number of hydrogen-bond acceptors (Lipinski definition) is 5. The Morgan fingerprint density at radius 1 is 1.41 bits per heavy atom. The highest BCUT2D eigenvalue weighted by Gasteiger charge is 2.31. The lowest BCUT2D eigenvalue weighted by atomic mass is 9.94. The second-order valence-corrected chi connectivity index (χ2v) is 8.83. The van der Waals surface area contributed by atoms with Gasteiger partial charge in [0.25, 0.3) is 0 Å². The van der Waals surface area contributed by atoms with Gasteiger partial charge in [-0.3, -0.25) is 14.5 Å². The van der Waals surface area contributed by atoms with Crippen LogP contribution in [0.3, 0.4) is 0 Å². The Balaban J connectivity index is 2.02. The van der Waals surface area contributed by atoms with E-state index in [-0.39, 0.29) is 23.3 Å². The highest BCUT2D eigenvalue weighted by molar-refractivity contribution is 7.18. The summed E-state index contributed by atoms with van der Waals surface area (Å²) >= 11 is 1.55. The molecule has 0 aromatic carbocycles. The summed E-state index contributed by atoms with van der Waals surface area (Å²) in [6.07, 6.45) is 2.30. The molecular weight excluding hydrogens is 362 g/mol. The lowest BCUT2D eigenvalue weighted by Gasteiger charge is -2.30. The molecule has 142 valence electrons. The van der Waals surface area contributed by atoms with Gasteiger partial charge in [0.15, 0.2) is 0 Å². The number of rotatable bonds is 4. The number of ether oxygens (including phenoxy) is 1. The van der Waals surface area contributed by atoms with Gasteiger partial charge in [-0.15, -0.1) is 11.3 Å². The highest BCUT2D eigenvalue weighted by Crippen LogP contribution is 2.37. The maximum atomic E-state index is 13.2. The fourth-order valence-electron chi connectivity index (χ4n) is 3.55. The largest absolute Gasteiger partial charge is 0.467 e. The third-order valence-corrected chi connectivity index (χ3v) is 6.03. The second-order valence-electron chi connectivity index (χ2n) is 7.75. The van der Waals surface area contributed by atoms with E-state index < -0.39 is 0 Å². The minimum absolute atomic E-state index is 0.217. The SMILES string of the molecule is C=C(C)Cn1c(=O)n(Cc2ccco2)c(=N)c2c3c(sc21)COC(C)(C)C3. The van der Waals surface area contributed by atoms with Crippen molar-refractivity contribution < 1.29 is 9.15 Å². The van der Waals surface area contributed by atoms with E-state index in [0.29, 0.717) is 18.9 Å². The Kier molecular flexibility index (Phi) is 4.24. The van der Waals surface area contributed by atoms with Crippen molar-refractivity contribution in [2.24, 2.45) is 0 Å². The monoisotopic (exact) mass is 385 g/mol. The molecule has 7 heteroatoms. The molecule has 6 nitrogen and oxygen atoms in total. The number of hydrogen-bond donors (Lipinski definition) is 1. The number of nitrogens with zero attached hydrogens (tertiary/aromatic N) is 2. The average molecular weight is 385 g/mol. The molecule has 0 atom stereocenters. The van der Waals surface area contributed by atoms with Crippen molar-refractivity contribution in [3.05, 3.63) is 62.7 Å². The summed E-state index contributed by atoms with van der Waals surface area (Å²) < 4.78 is 14.6. The van der Waals surface area contributed by atoms with E-state index in [2.05, 4.69) is 20.4 Å². The van der Waals surface area contributed by atoms with Gasteiger partial charge >= 0.3 is 5.69 Å². The molecule has 0 amide bonds. The first-order valence-corrected chi connectivity index (χ1v) is 9.72. The van der Waals surface area contributed by atoms with Crippen molar-refractivity contribution in [2.45, 2.75) is 52.5 Å². The predicted octanol–water partition coefficient (Wildman–Crippen LogP) is 3.41. The molecule has 4 heterocycles. The molecule has 0 spiro atoms. The van der Waals surface area contributed by atoms with Gasteiger partial charge in [0.1, 0.15) is 16.1 Å². The quantitative estimate of drug-likeness (QED) is 0.700. The van der Waals surface area contributed by atoms with Crippen LogP contribution in [-0.2, 0) is 30.9 Å². The van der Waals surface area contributed by atoms with Crippen molar-refractivity contribution in [3.63, 3.8) is 0 Å². The minimum Gasteiger partial charge on any atom is -0.467 e. The molecule has 0 aliphatic carbocycles. The summed E-state index contributed by atoms with van der Waals surface area (Å²) in [4.78, 5) is 15.1. The zero-order valence-electron chi connectivity index (χ0n) is 15.8. The normalized spacial score (nSPS) is 15.8. The first-order chi connectivity index (χ1) is 12.8. The molecule has 0 saturated carbocycles. The van der Waals surface area contributed by atoms with Gasteiger partial charge in [-0.2, -0.15) is 0 Å². The zero-order valence-corrected chi connectivity index (χ0v) is 16.6. The van der Waals surface area contributed by atoms with Crippen LogP contribution in [0.4, 0.5) is 0 Å². The van der Waals surface area contributed by atoms with E-state index in [9.17, 15) is 4.79 Å². The second kappa shape index (κ2) is 6.35. The Labute approximate surface area is 160 Å². The summed E-state index contributed by atoms with van der Waals surface area (Å²) in [6, 6.07) is 3.61. The smallest absolute Gasteiger partial charge is 0.331 e. The molecule has 3 aromatic heterocycles. The lowest BCUT2D eigenvalue weighted by Crippen LogP contribution is -2.40. The Morgan fingerprint density at radius 3 is 2.85 bits per heavy atom. The number of thiophene rings is 1. The molecule has 4 rings (SSSR count). The van der Waals surface area contributed by atoms with Gasteiger partial charge in [-0.05, 0) is 38.5 Å². The third kappa shape index (κ3) is 3.11. The molecule has 0 fully saturated rings. The van der Waals surface area contributed by atoms with Crippen molar-refractivity contribution >= 4 is 21.6 Å². The molecule has 1 aliphatic rings.